The van der Waals surface area contributed by atoms with Gasteiger partial charge in [0.15, 0.2) is 0 Å². The number of thiophene rings is 1. The molecule has 0 unspecified atom stereocenters. The third kappa shape index (κ3) is 4.38. The second-order valence-corrected chi connectivity index (χ2v) is 8.35. The lowest BCUT2D eigenvalue weighted by Crippen LogP contribution is -2.35. The van der Waals surface area contributed by atoms with E-state index >= 15 is 0 Å². The van der Waals surface area contributed by atoms with Crippen LogP contribution in [0.1, 0.15) is 33.6 Å². The predicted octanol–water partition coefficient (Wildman–Crippen LogP) is 4.23. The van der Waals surface area contributed by atoms with Gasteiger partial charge in [-0.1, -0.05) is 24.3 Å². The fourth-order valence-corrected chi connectivity index (χ4v) is 4.56. The minimum Gasteiger partial charge on any atom is -0.495 e. The maximum Gasteiger partial charge on any atom is 0.307 e. The third-order valence-corrected chi connectivity index (χ3v) is 6.41. The molecule has 1 aliphatic carbocycles. The van der Waals surface area contributed by atoms with E-state index in [0.717, 1.165) is 10.4 Å². The fourth-order valence-electron chi connectivity index (χ4n) is 3.50. The van der Waals surface area contributed by atoms with Gasteiger partial charge in [-0.3, -0.25) is 14.4 Å². The van der Waals surface area contributed by atoms with Crippen molar-refractivity contribution in [3.8, 4) is 5.75 Å². The van der Waals surface area contributed by atoms with Gasteiger partial charge in [0.25, 0.3) is 5.91 Å². The second-order valence-electron chi connectivity index (χ2n) is 7.13. The Kier molecular flexibility index (Phi) is 6.56. The Bertz CT molecular complexity index is 1010. The number of aryl methyl sites for hydroxylation is 1. The van der Waals surface area contributed by atoms with Gasteiger partial charge in [0.1, 0.15) is 10.8 Å². The van der Waals surface area contributed by atoms with E-state index in [1.54, 1.807) is 30.3 Å². The summed E-state index contributed by atoms with van der Waals surface area (Å²) in [6, 6.07) is 7.06. The van der Waals surface area contributed by atoms with Gasteiger partial charge < -0.3 is 20.5 Å². The first-order valence-corrected chi connectivity index (χ1v) is 10.4. The molecule has 0 saturated carbocycles. The maximum atomic E-state index is 13.1. The molecule has 0 aliphatic heterocycles. The highest BCUT2D eigenvalue weighted by molar-refractivity contribution is 7.16. The molecule has 1 aromatic carbocycles. The van der Waals surface area contributed by atoms with Gasteiger partial charge in [0.05, 0.1) is 30.2 Å². The third-order valence-electron chi connectivity index (χ3n) is 5.29. The van der Waals surface area contributed by atoms with Crippen LogP contribution in [0.5, 0.6) is 5.75 Å². The Morgan fingerprint density at radius 1 is 1.07 bits per heavy atom. The number of rotatable bonds is 6. The van der Waals surface area contributed by atoms with E-state index in [9.17, 15) is 19.5 Å². The van der Waals surface area contributed by atoms with Crippen molar-refractivity contribution < 1.29 is 24.2 Å². The number of hydrogen-bond acceptors (Lipinski definition) is 5. The summed E-state index contributed by atoms with van der Waals surface area (Å²) in [6.45, 7) is 3.70. The van der Waals surface area contributed by atoms with E-state index in [2.05, 4.69) is 10.6 Å². The lowest BCUT2D eigenvalue weighted by molar-refractivity contribution is -0.146. The summed E-state index contributed by atoms with van der Waals surface area (Å²) in [5.74, 6) is -2.68. The average Bonchev–Trinajstić information content (AvgIpc) is 3.01. The molecule has 0 saturated heterocycles. The van der Waals surface area contributed by atoms with Crippen LogP contribution >= 0.6 is 11.3 Å². The molecule has 7 nitrogen and oxygen atoms in total. The van der Waals surface area contributed by atoms with Crippen LogP contribution in [0.25, 0.3) is 0 Å². The van der Waals surface area contributed by atoms with Crippen LogP contribution in [0.4, 0.5) is 10.7 Å². The normalized spacial score (nSPS) is 18.0. The lowest BCUT2D eigenvalue weighted by atomic mass is 9.82. The molecule has 3 N–H and O–H groups in total. The summed E-state index contributed by atoms with van der Waals surface area (Å²) in [5.41, 5.74) is 1.66. The minimum atomic E-state index is -0.993. The molecule has 0 fully saturated rings. The second kappa shape index (κ2) is 9.13. The number of carbonyl (C=O) groups is 3. The van der Waals surface area contributed by atoms with E-state index in [4.69, 9.17) is 4.74 Å². The van der Waals surface area contributed by atoms with Crippen LogP contribution in [0.3, 0.4) is 0 Å². The molecule has 8 heteroatoms. The van der Waals surface area contributed by atoms with E-state index in [-0.39, 0.29) is 11.8 Å². The summed E-state index contributed by atoms with van der Waals surface area (Å²) >= 11 is 1.30. The predicted molar refractivity (Wildman–Crippen MR) is 116 cm³/mol. The van der Waals surface area contributed by atoms with E-state index in [1.807, 2.05) is 19.9 Å². The van der Waals surface area contributed by atoms with Crippen molar-refractivity contribution >= 4 is 39.8 Å². The molecule has 0 bridgehead atoms. The van der Waals surface area contributed by atoms with Gasteiger partial charge in [0.2, 0.25) is 5.91 Å². The zero-order valence-corrected chi connectivity index (χ0v) is 17.8. The number of benzene rings is 1. The number of ether oxygens (including phenoxy) is 1. The Hall–Kier alpha value is -3.13. The van der Waals surface area contributed by atoms with Crippen LogP contribution in [0.15, 0.2) is 36.4 Å². The van der Waals surface area contributed by atoms with Crippen LogP contribution in [0, 0.1) is 25.7 Å². The van der Waals surface area contributed by atoms with Gasteiger partial charge in [-0.05, 0) is 44.4 Å². The quantitative estimate of drug-likeness (QED) is 0.597. The smallest absolute Gasteiger partial charge is 0.307 e. The number of nitrogens with one attached hydrogen (secondary N) is 2. The molecule has 2 amide bonds. The lowest BCUT2D eigenvalue weighted by Gasteiger charge is -2.24. The summed E-state index contributed by atoms with van der Waals surface area (Å²) in [4.78, 5) is 38.4. The number of amides is 2. The summed E-state index contributed by atoms with van der Waals surface area (Å²) in [7, 11) is 1.52. The molecule has 0 radical (unpaired) electrons. The Morgan fingerprint density at radius 2 is 1.73 bits per heavy atom. The molecule has 158 valence electrons. The van der Waals surface area contributed by atoms with Gasteiger partial charge in [-0.15, -0.1) is 11.3 Å². The number of carboxylic acids is 1. The molecule has 2 aromatic rings. The molecule has 1 heterocycles. The van der Waals surface area contributed by atoms with Crippen molar-refractivity contribution in [3.05, 3.63) is 52.4 Å². The molecule has 1 aliphatic rings. The molecule has 0 spiro atoms. The number of aliphatic carboxylic acids is 1. The van der Waals surface area contributed by atoms with Crippen molar-refractivity contribution in [1.82, 2.24) is 0 Å². The summed E-state index contributed by atoms with van der Waals surface area (Å²) in [5, 5.41) is 15.5. The summed E-state index contributed by atoms with van der Waals surface area (Å²) < 4.78 is 5.28. The van der Waals surface area contributed by atoms with Crippen molar-refractivity contribution in [1.29, 1.82) is 0 Å². The molecule has 2 atom stereocenters. The number of para-hydroxylation sites is 2. The summed E-state index contributed by atoms with van der Waals surface area (Å²) in [6.07, 6.45) is 4.28. The highest BCUT2D eigenvalue weighted by Crippen LogP contribution is 2.35. The van der Waals surface area contributed by atoms with Gasteiger partial charge in [-0.2, -0.15) is 0 Å². The zero-order valence-electron chi connectivity index (χ0n) is 17.0. The van der Waals surface area contributed by atoms with Crippen molar-refractivity contribution in [2.45, 2.75) is 26.7 Å². The first-order chi connectivity index (χ1) is 14.3. The highest BCUT2D eigenvalue weighted by Gasteiger charge is 2.35. The number of anilines is 2. The van der Waals surface area contributed by atoms with E-state index < -0.39 is 17.8 Å². The Morgan fingerprint density at radius 3 is 2.40 bits per heavy atom. The largest absolute Gasteiger partial charge is 0.495 e. The monoisotopic (exact) mass is 428 g/mol. The van der Waals surface area contributed by atoms with Crippen LogP contribution in [-0.2, 0) is 9.59 Å². The highest BCUT2D eigenvalue weighted by atomic mass is 32.1. The van der Waals surface area contributed by atoms with E-state index in [0.29, 0.717) is 34.8 Å². The number of carbonyl (C=O) groups excluding carboxylic acids is 2. The zero-order chi connectivity index (χ0) is 21.8. The first kappa shape index (κ1) is 21.6. The van der Waals surface area contributed by atoms with Gasteiger partial charge >= 0.3 is 5.97 Å². The van der Waals surface area contributed by atoms with Crippen LogP contribution in [0.2, 0.25) is 0 Å². The fraction of sp³-hybridized carbons (Fsp3) is 0.318. The SMILES string of the molecule is COc1ccccc1NC(=O)c1c(NC(=O)[C@@H]2CC=CC[C@@H]2C(=O)O)sc(C)c1C. The Labute approximate surface area is 178 Å². The standard InChI is InChI=1S/C22H24N2O5S/c1-12-13(2)30-21(24-19(25)14-8-4-5-9-15(14)22(27)28)18(12)20(26)23-16-10-6-7-11-17(16)29-3/h4-7,10-11,14-15H,8-9H2,1-3H3,(H,23,26)(H,24,25)(H,27,28)/t14-,15+/m1/s1. The molecular formula is C22H24N2O5S. The molecular weight excluding hydrogens is 404 g/mol. The number of hydrogen-bond donors (Lipinski definition) is 3. The number of methoxy groups -OCH3 is 1. The molecule has 1 aromatic heterocycles. The first-order valence-electron chi connectivity index (χ1n) is 9.56. The molecule has 30 heavy (non-hydrogen) atoms. The average molecular weight is 429 g/mol. The van der Waals surface area contributed by atoms with Crippen molar-refractivity contribution in [2.24, 2.45) is 11.8 Å². The van der Waals surface area contributed by atoms with Crippen molar-refractivity contribution in [3.63, 3.8) is 0 Å². The topological polar surface area (TPSA) is 105 Å². The number of carboxylic acid groups (broad SMARTS) is 1. The van der Waals surface area contributed by atoms with Gasteiger partial charge in [-0.25, -0.2) is 0 Å². The van der Waals surface area contributed by atoms with Crippen LogP contribution in [-0.4, -0.2) is 30.0 Å². The van der Waals surface area contributed by atoms with E-state index in [1.165, 1.54) is 18.4 Å². The van der Waals surface area contributed by atoms with Crippen molar-refractivity contribution in [2.75, 3.05) is 17.7 Å². The Balaban J connectivity index is 1.86. The maximum absolute atomic E-state index is 13.1. The van der Waals surface area contributed by atoms with Crippen LogP contribution < -0.4 is 15.4 Å². The minimum absolute atomic E-state index is 0.317. The number of allylic oxidation sites excluding steroid dienone is 2. The molecule has 3 rings (SSSR count). The van der Waals surface area contributed by atoms with Gasteiger partial charge in [0, 0.05) is 4.88 Å².